The zero-order chi connectivity index (χ0) is 16.6. The van der Waals surface area contributed by atoms with Crippen LogP contribution >= 0.6 is 0 Å². The van der Waals surface area contributed by atoms with Crippen LogP contribution in [0.1, 0.15) is 29.9 Å². The van der Waals surface area contributed by atoms with Crippen LogP contribution in [0.15, 0.2) is 48.5 Å². The van der Waals surface area contributed by atoms with Crippen molar-refractivity contribution in [2.45, 2.75) is 24.3 Å². The first-order valence-electron chi connectivity index (χ1n) is 8.50. The van der Waals surface area contributed by atoms with Crippen LogP contribution in [0.4, 0.5) is 4.79 Å². The average molecular weight is 322 g/mol. The van der Waals surface area contributed by atoms with Gasteiger partial charge in [-0.2, -0.15) is 0 Å². The molecule has 0 atom stereocenters. The first kappa shape index (κ1) is 15.2. The lowest BCUT2D eigenvalue weighted by atomic mass is 9.98. The van der Waals surface area contributed by atoms with Gasteiger partial charge in [0, 0.05) is 18.0 Å². The van der Waals surface area contributed by atoms with Gasteiger partial charge in [0.05, 0.1) is 0 Å². The lowest BCUT2D eigenvalue weighted by molar-refractivity contribution is 0.141. The Bertz CT molecular complexity index is 722. The Morgan fingerprint density at radius 2 is 1.67 bits per heavy atom. The first-order chi connectivity index (χ1) is 11.7. The Kier molecular flexibility index (Phi) is 3.77. The summed E-state index contributed by atoms with van der Waals surface area (Å²) in [4.78, 5) is 12.1. The molecular formula is C20H22N2O2. The second-order valence-corrected chi connectivity index (χ2v) is 6.71. The highest BCUT2D eigenvalue weighted by atomic mass is 16.5. The van der Waals surface area contributed by atoms with Crippen molar-refractivity contribution in [2.75, 3.05) is 20.2 Å². The quantitative estimate of drug-likeness (QED) is 0.888. The summed E-state index contributed by atoms with van der Waals surface area (Å²) < 4.78 is 5.53. The van der Waals surface area contributed by atoms with Crippen LogP contribution in [0.3, 0.4) is 0 Å². The lowest BCUT2D eigenvalue weighted by Crippen LogP contribution is -2.41. The van der Waals surface area contributed by atoms with Crippen LogP contribution in [0.25, 0.3) is 11.1 Å². The van der Waals surface area contributed by atoms with E-state index in [1.54, 1.807) is 0 Å². The molecule has 4 heteroatoms. The van der Waals surface area contributed by atoms with Crippen LogP contribution in [0.2, 0.25) is 0 Å². The summed E-state index contributed by atoms with van der Waals surface area (Å²) in [5.74, 6) is 0.113. The van der Waals surface area contributed by atoms with E-state index in [1.165, 1.54) is 22.3 Å². The largest absolute Gasteiger partial charge is 0.449 e. The summed E-state index contributed by atoms with van der Waals surface area (Å²) in [6.45, 7) is 0.993. The molecule has 124 valence electrons. The number of benzene rings is 2. The Morgan fingerprint density at radius 3 is 2.21 bits per heavy atom. The molecule has 0 bridgehead atoms. The molecule has 2 N–H and O–H groups in total. The van der Waals surface area contributed by atoms with E-state index in [9.17, 15) is 4.79 Å². The molecular weight excluding hydrogens is 300 g/mol. The van der Waals surface area contributed by atoms with E-state index in [4.69, 9.17) is 4.74 Å². The molecule has 1 amide bonds. The standard InChI is InChI=1S/C20H22N2O2/c1-21-20(10-11-20)13-22-19(23)24-12-18-16-8-4-2-6-14(16)15-7-3-5-9-17(15)18/h2-9,18,21H,10-13H2,1H3,(H,22,23). The Balaban J connectivity index is 1.44. The van der Waals surface area contributed by atoms with Gasteiger partial charge in [0.2, 0.25) is 0 Å². The molecule has 2 aromatic rings. The second-order valence-electron chi connectivity index (χ2n) is 6.71. The van der Waals surface area contributed by atoms with Gasteiger partial charge in [-0.15, -0.1) is 0 Å². The molecule has 24 heavy (non-hydrogen) atoms. The number of rotatable bonds is 5. The van der Waals surface area contributed by atoms with Gasteiger partial charge in [-0.25, -0.2) is 4.79 Å². The monoisotopic (exact) mass is 322 g/mol. The maximum atomic E-state index is 12.1. The smallest absolute Gasteiger partial charge is 0.407 e. The number of ether oxygens (including phenoxy) is 1. The molecule has 0 spiro atoms. The van der Waals surface area contributed by atoms with Crippen LogP contribution in [-0.2, 0) is 4.74 Å². The number of likely N-dealkylation sites (N-methyl/N-ethyl adjacent to an activating group) is 1. The van der Waals surface area contributed by atoms with Gasteiger partial charge in [0.1, 0.15) is 6.61 Å². The van der Waals surface area contributed by atoms with E-state index in [0.29, 0.717) is 13.2 Å². The fraction of sp³-hybridized carbons (Fsp3) is 0.350. The van der Waals surface area contributed by atoms with E-state index in [0.717, 1.165) is 12.8 Å². The minimum absolute atomic E-state index is 0.0889. The maximum Gasteiger partial charge on any atom is 0.407 e. The number of carbonyl (C=O) groups is 1. The normalized spacial score (nSPS) is 17.0. The van der Waals surface area contributed by atoms with Crippen molar-refractivity contribution < 1.29 is 9.53 Å². The number of fused-ring (bicyclic) bond motifs is 3. The van der Waals surface area contributed by atoms with Gasteiger partial charge in [-0.1, -0.05) is 48.5 Å². The second kappa shape index (κ2) is 5.95. The third-order valence-corrected chi connectivity index (χ3v) is 5.30. The van der Waals surface area contributed by atoms with E-state index in [2.05, 4.69) is 47.0 Å². The predicted molar refractivity (Wildman–Crippen MR) is 94.1 cm³/mol. The molecule has 2 aromatic carbocycles. The number of hydrogen-bond donors (Lipinski definition) is 2. The van der Waals surface area contributed by atoms with Gasteiger partial charge in [-0.3, -0.25) is 0 Å². The Hall–Kier alpha value is -2.33. The summed E-state index contributed by atoms with van der Waals surface area (Å²) in [5.41, 5.74) is 5.05. The molecule has 4 rings (SSSR count). The summed E-state index contributed by atoms with van der Waals surface area (Å²) >= 11 is 0. The molecule has 2 aliphatic carbocycles. The van der Waals surface area contributed by atoms with Crippen molar-refractivity contribution in [3.05, 3.63) is 59.7 Å². The molecule has 0 aromatic heterocycles. The van der Waals surface area contributed by atoms with Gasteiger partial charge < -0.3 is 15.4 Å². The molecule has 1 fully saturated rings. The van der Waals surface area contributed by atoms with E-state index >= 15 is 0 Å². The summed E-state index contributed by atoms with van der Waals surface area (Å²) in [7, 11) is 1.94. The van der Waals surface area contributed by atoms with E-state index in [1.807, 2.05) is 19.2 Å². The number of amides is 1. The lowest BCUT2D eigenvalue weighted by Gasteiger charge is -2.17. The van der Waals surface area contributed by atoms with Crippen molar-refractivity contribution >= 4 is 6.09 Å². The minimum atomic E-state index is -0.335. The predicted octanol–water partition coefficient (Wildman–Crippen LogP) is 3.28. The topological polar surface area (TPSA) is 50.4 Å². The van der Waals surface area contributed by atoms with Crippen molar-refractivity contribution in [2.24, 2.45) is 0 Å². The molecule has 0 radical (unpaired) electrons. The van der Waals surface area contributed by atoms with Gasteiger partial charge >= 0.3 is 6.09 Å². The van der Waals surface area contributed by atoms with Crippen LogP contribution in [0, 0.1) is 0 Å². The number of nitrogens with one attached hydrogen (secondary N) is 2. The van der Waals surface area contributed by atoms with E-state index in [-0.39, 0.29) is 17.6 Å². The van der Waals surface area contributed by atoms with E-state index < -0.39 is 0 Å². The number of carbonyl (C=O) groups excluding carboxylic acids is 1. The SMILES string of the molecule is CNC1(CNC(=O)OCC2c3ccccc3-c3ccccc32)CC1. The molecule has 0 unspecified atom stereocenters. The number of hydrogen-bond acceptors (Lipinski definition) is 3. The molecule has 4 nitrogen and oxygen atoms in total. The Morgan fingerprint density at radius 1 is 1.08 bits per heavy atom. The van der Waals surface area contributed by atoms with Crippen molar-refractivity contribution in [3.8, 4) is 11.1 Å². The van der Waals surface area contributed by atoms with Crippen molar-refractivity contribution in [1.82, 2.24) is 10.6 Å². The fourth-order valence-electron chi connectivity index (χ4n) is 3.56. The van der Waals surface area contributed by atoms with Crippen molar-refractivity contribution in [1.29, 1.82) is 0 Å². The zero-order valence-electron chi connectivity index (χ0n) is 13.8. The molecule has 2 aliphatic rings. The van der Waals surface area contributed by atoms with Crippen LogP contribution in [-0.4, -0.2) is 31.8 Å². The third-order valence-electron chi connectivity index (χ3n) is 5.30. The summed E-state index contributed by atoms with van der Waals surface area (Å²) in [5, 5.41) is 6.15. The minimum Gasteiger partial charge on any atom is -0.449 e. The van der Waals surface area contributed by atoms with Gasteiger partial charge in [-0.05, 0) is 42.1 Å². The first-order valence-corrected chi connectivity index (χ1v) is 8.50. The average Bonchev–Trinajstić information content (AvgIpc) is 3.35. The third kappa shape index (κ3) is 2.67. The molecule has 0 saturated heterocycles. The molecule has 0 aliphatic heterocycles. The van der Waals surface area contributed by atoms with Crippen molar-refractivity contribution in [3.63, 3.8) is 0 Å². The highest BCUT2D eigenvalue weighted by Crippen LogP contribution is 2.44. The fourth-order valence-corrected chi connectivity index (χ4v) is 3.56. The van der Waals surface area contributed by atoms with Gasteiger partial charge in [0.25, 0.3) is 0 Å². The summed E-state index contributed by atoms with van der Waals surface area (Å²) in [6, 6.07) is 16.7. The van der Waals surface area contributed by atoms with Gasteiger partial charge in [0.15, 0.2) is 0 Å². The zero-order valence-corrected chi connectivity index (χ0v) is 13.8. The Labute approximate surface area is 142 Å². The number of alkyl carbamates (subject to hydrolysis) is 1. The maximum absolute atomic E-state index is 12.1. The highest BCUT2D eigenvalue weighted by Gasteiger charge is 2.41. The molecule has 0 heterocycles. The van der Waals surface area contributed by atoms with Crippen LogP contribution < -0.4 is 10.6 Å². The summed E-state index contributed by atoms with van der Waals surface area (Å²) in [6.07, 6.45) is 1.87. The molecule has 1 saturated carbocycles. The van der Waals surface area contributed by atoms with Crippen LogP contribution in [0.5, 0.6) is 0 Å². The highest BCUT2D eigenvalue weighted by molar-refractivity contribution is 5.79.